The van der Waals surface area contributed by atoms with E-state index in [0.717, 1.165) is 6.42 Å². The van der Waals surface area contributed by atoms with Crippen molar-refractivity contribution in [2.24, 2.45) is 0 Å². The molecule has 32 heavy (non-hydrogen) atoms. The Morgan fingerprint density at radius 2 is 1.72 bits per heavy atom. The molecule has 0 aliphatic heterocycles. The molecule has 0 saturated heterocycles. The van der Waals surface area contributed by atoms with Crippen molar-refractivity contribution in [1.82, 2.24) is 9.55 Å². The number of aromatic nitrogens is 2. The maximum Gasteiger partial charge on any atom is 0.266 e. The first kappa shape index (κ1) is 22.4. The van der Waals surface area contributed by atoms with Crippen molar-refractivity contribution in [2.45, 2.75) is 18.5 Å². The second-order valence-electron chi connectivity index (χ2n) is 7.07. The fourth-order valence-corrected chi connectivity index (χ4v) is 4.61. The standard InChI is InChI=1S/C24H19Cl2N3O2S/c1-2-15-7-9-19(10-8-15)29-23(31)20-5-3-4-6-21(20)28-24(29)32-14-22(30)27-18-12-16(25)11-17(26)13-18/h3-13H,2,14H2,1H3,(H,27,30). The molecule has 0 saturated carbocycles. The molecule has 4 aromatic rings. The molecule has 1 heterocycles. The maximum atomic E-state index is 13.3. The summed E-state index contributed by atoms with van der Waals surface area (Å²) in [6, 6.07) is 19.8. The lowest BCUT2D eigenvalue weighted by molar-refractivity contribution is -0.113. The number of aryl methyl sites for hydroxylation is 1. The van der Waals surface area contributed by atoms with E-state index in [9.17, 15) is 9.59 Å². The molecule has 3 aromatic carbocycles. The van der Waals surface area contributed by atoms with E-state index in [1.165, 1.54) is 17.3 Å². The van der Waals surface area contributed by atoms with Gasteiger partial charge in [0.2, 0.25) is 5.91 Å². The lowest BCUT2D eigenvalue weighted by Crippen LogP contribution is -2.23. The minimum absolute atomic E-state index is 0.0575. The topological polar surface area (TPSA) is 64.0 Å². The van der Waals surface area contributed by atoms with E-state index in [1.807, 2.05) is 36.4 Å². The first-order valence-corrected chi connectivity index (χ1v) is 11.7. The van der Waals surface area contributed by atoms with E-state index in [2.05, 4.69) is 17.2 Å². The number of halogens is 2. The molecule has 0 unspecified atom stereocenters. The van der Waals surface area contributed by atoms with Crippen LogP contribution in [-0.2, 0) is 11.2 Å². The van der Waals surface area contributed by atoms with Crippen molar-refractivity contribution in [1.29, 1.82) is 0 Å². The molecule has 0 radical (unpaired) electrons. The van der Waals surface area contributed by atoms with Crippen molar-refractivity contribution in [2.75, 3.05) is 11.1 Å². The van der Waals surface area contributed by atoms with E-state index in [4.69, 9.17) is 23.2 Å². The molecule has 1 N–H and O–H groups in total. The summed E-state index contributed by atoms with van der Waals surface area (Å²) in [5, 5.41) is 4.60. The number of thioether (sulfide) groups is 1. The zero-order valence-electron chi connectivity index (χ0n) is 17.1. The van der Waals surface area contributed by atoms with Gasteiger partial charge >= 0.3 is 0 Å². The summed E-state index contributed by atoms with van der Waals surface area (Å²) in [7, 11) is 0. The van der Waals surface area contributed by atoms with Crippen LogP contribution in [0, 0.1) is 0 Å². The first-order chi connectivity index (χ1) is 15.4. The number of nitrogens with zero attached hydrogens (tertiary/aromatic N) is 2. The van der Waals surface area contributed by atoms with Crippen LogP contribution < -0.4 is 10.9 Å². The van der Waals surface area contributed by atoms with Crippen LogP contribution in [0.4, 0.5) is 5.69 Å². The number of hydrogen-bond donors (Lipinski definition) is 1. The lowest BCUT2D eigenvalue weighted by atomic mass is 10.1. The third-order valence-electron chi connectivity index (χ3n) is 4.83. The van der Waals surface area contributed by atoms with Crippen LogP contribution in [-0.4, -0.2) is 21.2 Å². The highest BCUT2D eigenvalue weighted by atomic mass is 35.5. The molecule has 4 rings (SSSR count). The predicted molar refractivity (Wildman–Crippen MR) is 133 cm³/mol. The van der Waals surface area contributed by atoms with Gasteiger partial charge in [0.1, 0.15) is 0 Å². The third-order valence-corrected chi connectivity index (χ3v) is 6.20. The molecule has 0 aliphatic carbocycles. The van der Waals surface area contributed by atoms with Crippen molar-refractivity contribution in [3.05, 3.63) is 92.7 Å². The highest BCUT2D eigenvalue weighted by Gasteiger charge is 2.15. The number of para-hydroxylation sites is 1. The summed E-state index contributed by atoms with van der Waals surface area (Å²) >= 11 is 13.2. The van der Waals surface area contributed by atoms with Crippen molar-refractivity contribution in [3.63, 3.8) is 0 Å². The van der Waals surface area contributed by atoms with Gasteiger partial charge in [0.15, 0.2) is 5.16 Å². The van der Waals surface area contributed by atoms with Gasteiger partial charge in [-0.2, -0.15) is 0 Å². The average Bonchev–Trinajstić information content (AvgIpc) is 2.77. The van der Waals surface area contributed by atoms with Gasteiger partial charge in [-0.25, -0.2) is 4.98 Å². The van der Waals surface area contributed by atoms with Gasteiger partial charge in [-0.1, -0.05) is 66.2 Å². The lowest BCUT2D eigenvalue weighted by Gasteiger charge is -2.14. The summed E-state index contributed by atoms with van der Waals surface area (Å²) < 4.78 is 1.55. The minimum Gasteiger partial charge on any atom is -0.325 e. The molecule has 162 valence electrons. The van der Waals surface area contributed by atoms with Gasteiger partial charge in [-0.3, -0.25) is 14.2 Å². The molecular formula is C24H19Cl2N3O2S. The fourth-order valence-electron chi connectivity index (χ4n) is 3.27. The summed E-state index contributed by atoms with van der Waals surface area (Å²) in [6.07, 6.45) is 0.903. The molecule has 0 fully saturated rings. The first-order valence-electron chi connectivity index (χ1n) is 9.94. The molecule has 0 aliphatic rings. The van der Waals surface area contributed by atoms with Gasteiger partial charge in [0, 0.05) is 15.7 Å². The van der Waals surface area contributed by atoms with Crippen LogP contribution in [0.2, 0.25) is 10.0 Å². The summed E-state index contributed by atoms with van der Waals surface area (Å²) in [5.41, 5.74) is 2.79. The largest absolute Gasteiger partial charge is 0.325 e. The van der Waals surface area contributed by atoms with Crippen LogP contribution in [0.1, 0.15) is 12.5 Å². The highest BCUT2D eigenvalue weighted by Crippen LogP contribution is 2.24. The Bertz CT molecular complexity index is 1330. The fraction of sp³-hybridized carbons (Fsp3) is 0.125. The Hall–Kier alpha value is -2.80. The Labute approximate surface area is 199 Å². The van der Waals surface area contributed by atoms with Gasteiger partial charge < -0.3 is 5.32 Å². The van der Waals surface area contributed by atoms with E-state index in [-0.39, 0.29) is 17.2 Å². The highest BCUT2D eigenvalue weighted by molar-refractivity contribution is 7.99. The van der Waals surface area contributed by atoms with Crippen molar-refractivity contribution >= 4 is 57.5 Å². The Balaban J connectivity index is 1.66. The predicted octanol–water partition coefficient (Wildman–Crippen LogP) is 5.99. The monoisotopic (exact) mass is 483 g/mol. The van der Waals surface area contributed by atoms with E-state index >= 15 is 0 Å². The van der Waals surface area contributed by atoms with E-state index in [0.29, 0.717) is 37.5 Å². The van der Waals surface area contributed by atoms with E-state index < -0.39 is 0 Å². The number of benzene rings is 3. The molecule has 0 bridgehead atoms. The second kappa shape index (κ2) is 9.77. The smallest absolute Gasteiger partial charge is 0.266 e. The number of anilines is 1. The molecule has 8 heteroatoms. The Morgan fingerprint density at radius 3 is 2.41 bits per heavy atom. The number of fused-ring (bicyclic) bond motifs is 1. The Kier molecular flexibility index (Phi) is 6.84. The minimum atomic E-state index is -0.261. The van der Waals surface area contributed by atoms with E-state index in [1.54, 1.807) is 34.9 Å². The quantitative estimate of drug-likeness (QED) is 0.270. The molecule has 0 atom stereocenters. The molecule has 5 nitrogen and oxygen atoms in total. The zero-order valence-corrected chi connectivity index (χ0v) is 19.5. The Morgan fingerprint density at radius 1 is 1.03 bits per heavy atom. The summed E-state index contributed by atoms with van der Waals surface area (Å²) in [6.45, 7) is 2.08. The van der Waals surface area contributed by atoms with Crippen LogP contribution in [0.3, 0.4) is 0 Å². The molecular weight excluding hydrogens is 465 g/mol. The molecule has 1 amide bonds. The third kappa shape index (κ3) is 4.99. The van der Waals surface area contributed by atoms with Crippen molar-refractivity contribution in [3.8, 4) is 5.69 Å². The summed E-state index contributed by atoms with van der Waals surface area (Å²) in [4.78, 5) is 30.5. The number of carbonyl (C=O) groups is 1. The van der Waals surface area contributed by atoms with Crippen molar-refractivity contribution < 1.29 is 4.79 Å². The second-order valence-corrected chi connectivity index (χ2v) is 8.88. The number of rotatable bonds is 6. The maximum absolute atomic E-state index is 13.3. The van der Waals surface area contributed by atoms with Crippen LogP contribution in [0.5, 0.6) is 0 Å². The van der Waals surface area contributed by atoms with Crippen LogP contribution in [0.15, 0.2) is 76.7 Å². The van der Waals surface area contributed by atoms with Gasteiger partial charge in [0.05, 0.1) is 22.3 Å². The number of carbonyl (C=O) groups excluding carboxylic acids is 1. The molecule has 1 aromatic heterocycles. The molecule has 0 spiro atoms. The normalized spacial score (nSPS) is 11.0. The zero-order chi connectivity index (χ0) is 22.7. The average molecular weight is 484 g/mol. The van der Waals surface area contributed by atoms with Gasteiger partial charge in [-0.15, -0.1) is 0 Å². The van der Waals surface area contributed by atoms with Crippen LogP contribution in [0.25, 0.3) is 16.6 Å². The SMILES string of the molecule is CCc1ccc(-n2c(SCC(=O)Nc3cc(Cl)cc(Cl)c3)nc3ccccc3c2=O)cc1. The summed E-state index contributed by atoms with van der Waals surface area (Å²) in [5.74, 6) is -0.203. The number of nitrogens with one attached hydrogen (secondary N) is 1. The number of hydrogen-bond acceptors (Lipinski definition) is 4. The van der Waals surface area contributed by atoms with Gasteiger partial charge in [-0.05, 0) is 54.4 Å². The van der Waals surface area contributed by atoms with Crippen LogP contribution >= 0.6 is 35.0 Å². The number of amides is 1. The van der Waals surface area contributed by atoms with Gasteiger partial charge in [0.25, 0.3) is 5.56 Å².